The molecule has 0 unspecified atom stereocenters. The summed E-state index contributed by atoms with van der Waals surface area (Å²) in [7, 11) is 0. The summed E-state index contributed by atoms with van der Waals surface area (Å²) in [5, 5.41) is 9.19. The molecule has 0 atom stereocenters. The third kappa shape index (κ3) is 5.00. The van der Waals surface area contributed by atoms with E-state index < -0.39 is 11.9 Å². The van der Waals surface area contributed by atoms with E-state index >= 15 is 0 Å². The van der Waals surface area contributed by atoms with Gasteiger partial charge >= 0.3 is 11.9 Å². The lowest BCUT2D eigenvalue weighted by Crippen LogP contribution is -2.07. The van der Waals surface area contributed by atoms with Crippen LogP contribution in [0.4, 0.5) is 0 Å². The van der Waals surface area contributed by atoms with E-state index in [0.717, 1.165) is 5.56 Å². The maximum absolute atomic E-state index is 11.9. The summed E-state index contributed by atoms with van der Waals surface area (Å²) in [4.78, 5) is 23.1. The van der Waals surface area contributed by atoms with Crippen molar-refractivity contribution in [3.8, 4) is 11.5 Å². The van der Waals surface area contributed by atoms with E-state index in [-0.39, 0.29) is 5.75 Å². The van der Waals surface area contributed by atoms with Crippen LogP contribution in [0.25, 0.3) is 6.08 Å². The molecular weight excluding hydrogens is 296 g/mol. The Labute approximate surface area is 133 Å². The second kappa shape index (κ2) is 7.79. The van der Waals surface area contributed by atoms with Crippen LogP contribution in [0.1, 0.15) is 22.8 Å². The molecule has 0 fully saturated rings. The van der Waals surface area contributed by atoms with Gasteiger partial charge in [-0.05, 0) is 55.0 Å². The lowest BCUT2D eigenvalue weighted by atomic mass is 10.2. The van der Waals surface area contributed by atoms with Crippen molar-refractivity contribution >= 4 is 18.0 Å². The Morgan fingerprint density at radius 2 is 1.70 bits per heavy atom. The Morgan fingerprint density at radius 3 is 2.30 bits per heavy atom. The molecule has 0 saturated carbocycles. The molecular formula is C18H16O5. The smallest absolute Gasteiger partial charge is 0.343 e. The van der Waals surface area contributed by atoms with E-state index in [1.54, 1.807) is 37.3 Å². The minimum absolute atomic E-state index is 0.0827. The Bertz CT molecular complexity index is 699. The molecule has 23 heavy (non-hydrogen) atoms. The molecule has 0 aliphatic carbocycles. The van der Waals surface area contributed by atoms with Gasteiger partial charge in [0, 0.05) is 6.08 Å². The minimum atomic E-state index is -0.514. The number of hydrogen-bond acceptors (Lipinski definition) is 5. The highest BCUT2D eigenvalue weighted by atomic mass is 16.5. The van der Waals surface area contributed by atoms with E-state index in [1.165, 1.54) is 30.3 Å². The van der Waals surface area contributed by atoms with Crippen LogP contribution in [0.3, 0.4) is 0 Å². The molecule has 0 aromatic heterocycles. The highest BCUT2D eigenvalue weighted by Gasteiger charge is 2.08. The van der Waals surface area contributed by atoms with E-state index in [4.69, 9.17) is 9.47 Å². The highest BCUT2D eigenvalue weighted by molar-refractivity contribution is 5.91. The van der Waals surface area contributed by atoms with Crippen molar-refractivity contribution in [3.63, 3.8) is 0 Å². The SMILES string of the molecule is CCOC(=O)/C=C/c1ccc(OC(=O)c2ccc(O)cc2)cc1. The monoisotopic (exact) mass is 312 g/mol. The summed E-state index contributed by atoms with van der Waals surface area (Å²) in [6, 6.07) is 12.5. The fraction of sp³-hybridized carbons (Fsp3) is 0.111. The normalized spacial score (nSPS) is 10.5. The molecule has 0 heterocycles. The lowest BCUT2D eigenvalue weighted by molar-refractivity contribution is -0.137. The largest absolute Gasteiger partial charge is 0.508 e. The fourth-order valence-electron chi connectivity index (χ4n) is 1.77. The van der Waals surface area contributed by atoms with Gasteiger partial charge in [0.05, 0.1) is 12.2 Å². The van der Waals surface area contributed by atoms with Gasteiger partial charge in [0.25, 0.3) is 0 Å². The molecule has 0 aliphatic rings. The number of aromatic hydroxyl groups is 1. The average molecular weight is 312 g/mol. The van der Waals surface area contributed by atoms with Crippen molar-refractivity contribution in [1.82, 2.24) is 0 Å². The standard InChI is InChI=1S/C18H16O5/c1-2-22-17(20)12-5-13-3-10-16(11-4-13)23-18(21)14-6-8-15(19)9-7-14/h3-12,19H,2H2,1H3/b12-5+. The van der Waals surface area contributed by atoms with E-state index in [9.17, 15) is 14.7 Å². The van der Waals surface area contributed by atoms with Crippen molar-refractivity contribution in [2.24, 2.45) is 0 Å². The number of rotatable bonds is 5. The lowest BCUT2D eigenvalue weighted by Gasteiger charge is -2.04. The van der Waals surface area contributed by atoms with Gasteiger partial charge in [-0.15, -0.1) is 0 Å². The fourth-order valence-corrected chi connectivity index (χ4v) is 1.77. The zero-order valence-electron chi connectivity index (χ0n) is 12.6. The van der Waals surface area contributed by atoms with Gasteiger partial charge in [-0.2, -0.15) is 0 Å². The first kappa shape index (κ1) is 16.3. The van der Waals surface area contributed by atoms with Crippen molar-refractivity contribution < 1.29 is 24.2 Å². The van der Waals surface area contributed by atoms with Crippen molar-refractivity contribution in [1.29, 1.82) is 0 Å². The maximum Gasteiger partial charge on any atom is 0.343 e. The Balaban J connectivity index is 1.98. The number of phenolic OH excluding ortho intramolecular Hbond substituents is 1. The van der Waals surface area contributed by atoms with Crippen molar-refractivity contribution in [2.75, 3.05) is 6.61 Å². The molecule has 0 aliphatic heterocycles. The van der Waals surface area contributed by atoms with Crippen LogP contribution in [0.15, 0.2) is 54.6 Å². The molecule has 5 nitrogen and oxygen atoms in total. The molecule has 0 amide bonds. The minimum Gasteiger partial charge on any atom is -0.508 e. The Kier molecular flexibility index (Phi) is 5.52. The average Bonchev–Trinajstić information content (AvgIpc) is 2.55. The summed E-state index contributed by atoms with van der Waals surface area (Å²) in [6.07, 6.45) is 2.95. The number of carbonyl (C=O) groups is 2. The van der Waals surface area contributed by atoms with Crippen LogP contribution in [0.5, 0.6) is 11.5 Å². The summed E-state index contributed by atoms with van der Waals surface area (Å²) in [6.45, 7) is 2.07. The summed E-state index contributed by atoms with van der Waals surface area (Å²) in [5.74, 6) is -0.453. The number of carbonyl (C=O) groups excluding carboxylic acids is 2. The first-order chi connectivity index (χ1) is 11.1. The molecule has 0 spiro atoms. The van der Waals surface area contributed by atoms with Crippen LogP contribution in [0, 0.1) is 0 Å². The second-order valence-corrected chi connectivity index (χ2v) is 4.59. The van der Waals surface area contributed by atoms with Gasteiger partial charge in [-0.3, -0.25) is 0 Å². The molecule has 0 radical (unpaired) electrons. The topological polar surface area (TPSA) is 72.8 Å². The van der Waals surface area contributed by atoms with Gasteiger partial charge in [0.15, 0.2) is 0 Å². The van der Waals surface area contributed by atoms with Crippen molar-refractivity contribution in [3.05, 3.63) is 65.7 Å². The van der Waals surface area contributed by atoms with E-state index in [0.29, 0.717) is 17.9 Å². The number of hydrogen-bond donors (Lipinski definition) is 1. The number of phenols is 1. The first-order valence-corrected chi connectivity index (χ1v) is 7.04. The zero-order valence-corrected chi connectivity index (χ0v) is 12.6. The van der Waals surface area contributed by atoms with Crippen LogP contribution in [-0.4, -0.2) is 23.7 Å². The Hall–Kier alpha value is -3.08. The molecule has 2 aromatic carbocycles. The summed E-state index contributed by atoms with van der Waals surface area (Å²) < 4.78 is 10.0. The van der Waals surface area contributed by atoms with Crippen molar-refractivity contribution in [2.45, 2.75) is 6.92 Å². The molecule has 2 aromatic rings. The van der Waals surface area contributed by atoms with Crippen LogP contribution >= 0.6 is 0 Å². The number of esters is 2. The zero-order chi connectivity index (χ0) is 16.7. The van der Waals surface area contributed by atoms with Gasteiger partial charge < -0.3 is 14.6 Å². The maximum atomic E-state index is 11.9. The van der Waals surface area contributed by atoms with Crippen LogP contribution in [0.2, 0.25) is 0 Å². The molecule has 0 saturated heterocycles. The third-order valence-electron chi connectivity index (χ3n) is 2.89. The second-order valence-electron chi connectivity index (χ2n) is 4.59. The van der Waals surface area contributed by atoms with Crippen LogP contribution < -0.4 is 4.74 Å². The Morgan fingerprint density at radius 1 is 1.04 bits per heavy atom. The van der Waals surface area contributed by atoms with Gasteiger partial charge in [-0.25, -0.2) is 9.59 Å². The summed E-state index contributed by atoms with van der Waals surface area (Å²) in [5.41, 5.74) is 1.12. The predicted octanol–water partition coefficient (Wildman–Crippen LogP) is 3.19. The number of ether oxygens (including phenoxy) is 2. The molecule has 2 rings (SSSR count). The van der Waals surface area contributed by atoms with Gasteiger partial charge in [-0.1, -0.05) is 12.1 Å². The predicted molar refractivity (Wildman–Crippen MR) is 85.2 cm³/mol. The summed E-state index contributed by atoms with van der Waals surface area (Å²) >= 11 is 0. The van der Waals surface area contributed by atoms with E-state index in [1.807, 2.05) is 0 Å². The van der Waals surface area contributed by atoms with Crippen LogP contribution in [-0.2, 0) is 9.53 Å². The molecule has 0 bridgehead atoms. The third-order valence-corrected chi connectivity index (χ3v) is 2.89. The van der Waals surface area contributed by atoms with Gasteiger partial charge in [0.1, 0.15) is 11.5 Å². The molecule has 1 N–H and O–H groups in total. The van der Waals surface area contributed by atoms with Gasteiger partial charge in [0.2, 0.25) is 0 Å². The quantitative estimate of drug-likeness (QED) is 0.521. The van der Waals surface area contributed by atoms with E-state index in [2.05, 4.69) is 0 Å². The first-order valence-electron chi connectivity index (χ1n) is 7.04. The number of benzene rings is 2. The highest BCUT2D eigenvalue weighted by Crippen LogP contribution is 2.16. The molecule has 5 heteroatoms. The molecule has 118 valence electrons.